The van der Waals surface area contributed by atoms with Crippen LogP contribution in [0.25, 0.3) is 0 Å². The fourth-order valence-corrected chi connectivity index (χ4v) is 2.11. The van der Waals surface area contributed by atoms with E-state index in [2.05, 4.69) is 27.2 Å². The molecule has 4 heteroatoms. The van der Waals surface area contributed by atoms with Crippen molar-refractivity contribution in [3.63, 3.8) is 0 Å². The first kappa shape index (κ1) is 13.6. The third-order valence-corrected chi connectivity index (χ3v) is 3.57. The van der Waals surface area contributed by atoms with Gasteiger partial charge in [0.25, 0.3) is 0 Å². The summed E-state index contributed by atoms with van der Waals surface area (Å²) >= 11 is 5.10. The Kier molecular flexibility index (Phi) is 6.55. The standard InChI is InChI=1S/C12H13BrFNS/c1-2-6-16-7-5-15-9-10-8-11(14)3-4-12(10)13/h1,3-4,8,15H,5-7,9H2. The fourth-order valence-electron chi connectivity index (χ4n) is 1.18. The first-order chi connectivity index (χ1) is 7.74. The van der Waals surface area contributed by atoms with E-state index in [1.807, 2.05) is 0 Å². The minimum Gasteiger partial charge on any atom is -0.312 e. The van der Waals surface area contributed by atoms with E-state index in [4.69, 9.17) is 6.42 Å². The van der Waals surface area contributed by atoms with Crippen LogP contribution >= 0.6 is 27.7 Å². The van der Waals surface area contributed by atoms with Gasteiger partial charge in [0.15, 0.2) is 0 Å². The molecular formula is C12H13BrFNS. The van der Waals surface area contributed by atoms with Crippen LogP contribution in [-0.4, -0.2) is 18.1 Å². The molecule has 0 amide bonds. The average molecular weight is 302 g/mol. The molecule has 1 aromatic rings. The Morgan fingerprint density at radius 1 is 1.50 bits per heavy atom. The lowest BCUT2D eigenvalue weighted by Gasteiger charge is -2.06. The lowest BCUT2D eigenvalue weighted by Crippen LogP contribution is -2.17. The Morgan fingerprint density at radius 2 is 2.31 bits per heavy atom. The van der Waals surface area contributed by atoms with Gasteiger partial charge in [0.1, 0.15) is 5.82 Å². The van der Waals surface area contributed by atoms with E-state index >= 15 is 0 Å². The molecular weight excluding hydrogens is 289 g/mol. The van der Waals surface area contributed by atoms with Gasteiger partial charge in [-0.1, -0.05) is 21.9 Å². The molecule has 0 saturated carbocycles. The topological polar surface area (TPSA) is 12.0 Å². The summed E-state index contributed by atoms with van der Waals surface area (Å²) in [5.41, 5.74) is 0.932. The van der Waals surface area contributed by atoms with Crippen molar-refractivity contribution in [2.45, 2.75) is 6.54 Å². The second kappa shape index (κ2) is 7.72. The molecule has 0 heterocycles. The molecule has 1 N–H and O–H groups in total. The quantitative estimate of drug-likeness (QED) is 0.640. The van der Waals surface area contributed by atoms with Crippen molar-refractivity contribution in [1.82, 2.24) is 5.32 Å². The zero-order valence-electron chi connectivity index (χ0n) is 8.80. The molecule has 0 aromatic heterocycles. The van der Waals surface area contributed by atoms with Crippen LogP contribution in [0.5, 0.6) is 0 Å². The number of benzene rings is 1. The maximum absolute atomic E-state index is 12.9. The van der Waals surface area contributed by atoms with E-state index in [0.717, 1.165) is 28.1 Å². The van der Waals surface area contributed by atoms with Crippen LogP contribution in [0.3, 0.4) is 0 Å². The second-order valence-corrected chi connectivity index (χ2v) is 5.13. The van der Waals surface area contributed by atoms with Crippen molar-refractivity contribution < 1.29 is 4.39 Å². The van der Waals surface area contributed by atoms with Crippen molar-refractivity contribution in [3.05, 3.63) is 34.1 Å². The number of nitrogens with one attached hydrogen (secondary N) is 1. The summed E-state index contributed by atoms with van der Waals surface area (Å²) in [6, 6.07) is 4.70. The van der Waals surface area contributed by atoms with Crippen LogP contribution in [0.2, 0.25) is 0 Å². The van der Waals surface area contributed by atoms with Gasteiger partial charge in [0.2, 0.25) is 0 Å². The van der Waals surface area contributed by atoms with Crippen molar-refractivity contribution >= 4 is 27.7 Å². The highest BCUT2D eigenvalue weighted by Gasteiger charge is 2.00. The summed E-state index contributed by atoms with van der Waals surface area (Å²) in [7, 11) is 0. The predicted octanol–water partition coefficient (Wildman–Crippen LogP) is 3.04. The second-order valence-electron chi connectivity index (χ2n) is 3.17. The number of terminal acetylenes is 1. The molecule has 0 atom stereocenters. The Morgan fingerprint density at radius 3 is 3.06 bits per heavy atom. The van der Waals surface area contributed by atoms with E-state index in [9.17, 15) is 4.39 Å². The molecule has 0 aliphatic heterocycles. The number of hydrogen-bond donors (Lipinski definition) is 1. The molecule has 86 valence electrons. The first-order valence-electron chi connectivity index (χ1n) is 4.90. The highest BCUT2D eigenvalue weighted by Crippen LogP contribution is 2.17. The Hall–Kier alpha value is -0.500. The first-order valence-corrected chi connectivity index (χ1v) is 6.84. The highest BCUT2D eigenvalue weighted by atomic mass is 79.9. The predicted molar refractivity (Wildman–Crippen MR) is 72.0 cm³/mol. The van der Waals surface area contributed by atoms with E-state index in [-0.39, 0.29) is 5.82 Å². The number of rotatable bonds is 6. The van der Waals surface area contributed by atoms with E-state index in [0.29, 0.717) is 6.54 Å². The number of hydrogen-bond acceptors (Lipinski definition) is 2. The van der Waals surface area contributed by atoms with Crippen molar-refractivity contribution in [3.8, 4) is 12.3 Å². The zero-order chi connectivity index (χ0) is 11.8. The number of halogens is 2. The molecule has 1 rings (SSSR count). The molecule has 0 bridgehead atoms. The van der Waals surface area contributed by atoms with Gasteiger partial charge in [-0.2, -0.15) is 0 Å². The largest absolute Gasteiger partial charge is 0.312 e. The highest BCUT2D eigenvalue weighted by molar-refractivity contribution is 9.10. The lowest BCUT2D eigenvalue weighted by atomic mass is 10.2. The molecule has 0 aliphatic carbocycles. The maximum atomic E-state index is 12.9. The lowest BCUT2D eigenvalue weighted by molar-refractivity contribution is 0.621. The minimum absolute atomic E-state index is 0.207. The minimum atomic E-state index is -0.207. The third kappa shape index (κ3) is 5.02. The van der Waals surface area contributed by atoms with Gasteiger partial charge in [-0.15, -0.1) is 18.2 Å². The molecule has 0 unspecified atom stereocenters. The molecule has 1 nitrogen and oxygen atoms in total. The molecule has 0 saturated heterocycles. The Labute approximate surface area is 108 Å². The Balaban J connectivity index is 2.27. The summed E-state index contributed by atoms with van der Waals surface area (Å²) in [6.45, 7) is 1.53. The normalized spacial score (nSPS) is 10.1. The molecule has 1 aromatic carbocycles. The summed E-state index contributed by atoms with van der Waals surface area (Å²) < 4.78 is 13.9. The number of thioether (sulfide) groups is 1. The summed E-state index contributed by atoms with van der Waals surface area (Å²) in [6.07, 6.45) is 5.13. The third-order valence-electron chi connectivity index (χ3n) is 1.93. The SMILES string of the molecule is C#CCSCCNCc1cc(F)ccc1Br. The van der Waals surface area contributed by atoms with E-state index < -0.39 is 0 Å². The molecule has 0 fully saturated rings. The van der Waals surface area contributed by atoms with Gasteiger partial charge in [-0.25, -0.2) is 4.39 Å². The van der Waals surface area contributed by atoms with Gasteiger partial charge in [0, 0.05) is 23.3 Å². The Bertz CT molecular complexity index is 376. The van der Waals surface area contributed by atoms with Crippen molar-refractivity contribution in [2.24, 2.45) is 0 Å². The average Bonchev–Trinajstić information content (AvgIpc) is 2.28. The van der Waals surface area contributed by atoms with Crippen LogP contribution in [0.4, 0.5) is 4.39 Å². The molecule has 0 radical (unpaired) electrons. The summed E-state index contributed by atoms with van der Waals surface area (Å²) in [4.78, 5) is 0. The summed E-state index contributed by atoms with van der Waals surface area (Å²) in [5, 5.41) is 3.24. The fraction of sp³-hybridized carbons (Fsp3) is 0.333. The van der Waals surface area contributed by atoms with E-state index in [1.54, 1.807) is 17.8 Å². The van der Waals surface area contributed by atoms with Crippen LogP contribution in [0.15, 0.2) is 22.7 Å². The zero-order valence-corrected chi connectivity index (χ0v) is 11.2. The van der Waals surface area contributed by atoms with Crippen LogP contribution in [0, 0.1) is 18.2 Å². The van der Waals surface area contributed by atoms with Gasteiger partial charge < -0.3 is 5.32 Å². The summed E-state index contributed by atoms with van der Waals surface area (Å²) in [5.74, 6) is 4.08. The van der Waals surface area contributed by atoms with Crippen molar-refractivity contribution in [2.75, 3.05) is 18.1 Å². The smallest absolute Gasteiger partial charge is 0.123 e. The van der Waals surface area contributed by atoms with Crippen LogP contribution < -0.4 is 5.32 Å². The molecule has 16 heavy (non-hydrogen) atoms. The van der Waals surface area contributed by atoms with Gasteiger partial charge in [0.05, 0.1) is 5.75 Å². The molecule has 0 aliphatic rings. The van der Waals surface area contributed by atoms with Gasteiger partial charge in [-0.05, 0) is 23.8 Å². The maximum Gasteiger partial charge on any atom is 0.123 e. The van der Waals surface area contributed by atoms with E-state index in [1.165, 1.54) is 12.1 Å². The van der Waals surface area contributed by atoms with Gasteiger partial charge >= 0.3 is 0 Å². The monoisotopic (exact) mass is 301 g/mol. The molecule has 0 spiro atoms. The van der Waals surface area contributed by atoms with Crippen LogP contribution in [-0.2, 0) is 6.54 Å². The van der Waals surface area contributed by atoms with Gasteiger partial charge in [-0.3, -0.25) is 0 Å². The van der Waals surface area contributed by atoms with Crippen molar-refractivity contribution in [1.29, 1.82) is 0 Å². The van der Waals surface area contributed by atoms with Crippen LogP contribution in [0.1, 0.15) is 5.56 Å².